The van der Waals surface area contributed by atoms with Crippen molar-refractivity contribution >= 4 is 76.0 Å². The van der Waals surface area contributed by atoms with Crippen LogP contribution in [-0.2, 0) is 56.0 Å². The first kappa shape index (κ1) is 58.8. The Kier molecular flexibility index (Phi) is 24.1. The summed E-state index contributed by atoms with van der Waals surface area (Å²) >= 11 is 0. The minimum Gasteiger partial charge on any atom is -0.481 e. The maximum absolute atomic E-state index is 13.7. The minimum atomic E-state index is -1.56. The van der Waals surface area contributed by atoms with E-state index in [9.17, 15) is 73.5 Å². The van der Waals surface area contributed by atoms with E-state index in [-0.39, 0.29) is 117 Å². The number of fused-ring (bicyclic) bond motifs is 1. The summed E-state index contributed by atoms with van der Waals surface area (Å²) in [6, 6.07) is 14.6. The summed E-state index contributed by atoms with van der Waals surface area (Å²) in [5.74, 6) is -8.77. The van der Waals surface area contributed by atoms with E-state index in [4.69, 9.17) is 5.11 Å². The second-order valence-corrected chi connectivity index (χ2v) is 17.8. The van der Waals surface area contributed by atoms with Crippen molar-refractivity contribution in [2.45, 2.75) is 63.1 Å². The summed E-state index contributed by atoms with van der Waals surface area (Å²) in [5.41, 5.74) is 1.73. The van der Waals surface area contributed by atoms with Crippen LogP contribution in [0, 0.1) is 0 Å². The van der Waals surface area contributed by atoms with Gasteiger partial charge in [0.15, 0.2) is 0 Å². The number of carboxylic acid groups (broad SMARTS) is 6. The number of hydrogen-bond donors (Lipinski definition) is 11. The first-order valence-electron chi connectivity index (χ1n) is 24.0. The molecule has 402 valence electrons. The molecule has 25 nitrogen and oxygen atoms in total. The highest BCUT2D eigenvalue weighted by Crippen LogP contribution is 2.18. The molecule has 3 aromatic carbocycles. The van der Waals surface area contributed by atoms with Crippen molar-refractivity contribution < 1.29 is 78.6 Å². The number of urea groups is 1. The Hall–Kier alpha value is -7.74. The highest BCUT2D eigenvalue weighted by Gasteiger charge is 2.27. The summed E-state index contributed by atoms with van der Waals surface area (Å²) in [7, 11) is 0. The predicted molar refractivity (Wildman–Crippen MR) is 265 cm³/mol. The number of nitrogens with one attached hydrogen (secondary N) is 5. The van der Waals surface area contributed by atoms with Crippen LogP contribution in [0.15, 0.2) is 66.7 Å². The van der Waals surface area contributed by atoms with Gasteiger partial charge in [0.2, 0.25) is 17.7 Å². The molecule has 1 aliphatic rings. The molecular formula is C49H65N9O16. The van der Waals surface area contributed by atoms with Gasteiger partial charge in [0.05, 0.1) is 32.6 Å². The molecule has 1 fully saturated rings. The Morgan fingerprint density at radius 2 is 0.973 bits per heavy atom. The molecule has 0 aromatic heterocycles. The number of nitrogens with zero attached hydrogens (tertiary/aromatic N) is 4. The number of carbonyl (C=O) groups is 10. The van der Waals surface area contributed by atoms with E-state index in [2.05, 4.69) is 26.6 Å². The molecular weight excluding hydrogens is 971 g/mol. The number of carboxylic acids is 6. The van der Waals surface area contributed by atoms with Gasteiger partial charge >= 0.3 is 41.8 Å². The van der Waals surface area contributed by atoms with Crippen LogP contribution in [-0.4, -0.2) is 213 Å². The fourth-order valence-corrected chi connectivity index (χ4v) is 8.08. The number of benzene rings is 3. The van der Waals surface area contributed by atoms with E-state index in [1.165, 1.54) is 0 Å². The number of carbonyl (C=O) groups excluding carboxylic acids is 4. The van der Waals surface area contributed by atoms with E-state index >= 15 is 0 Å². The Balaban J connectivity index is 1.35. The van der Waals surface area contributed by atoms with Gasteiger partial charge < -0.3 is 57.2 Å². The molecule has 1 aliphatic heterocycles. The van der Waals surface area contributed by atoms with Crippen LogP contribution in [0.1, 0.15) is 43.2 Å². The fourth-order valence-electron chi connectivity index (χ4n) is 8.08. The average molecular weight is 1040 g/mol. The van der Waals surface area contributed by atoms with Gasteiger partial charge in [-0.05, 0) is 59.7 Å². The molecule has 0 unspecified atom stereocenters. The first-order chi connectivity index (χ1) is 35.2. The molecule has 1 heterocycles. The molecule has 0 radical (unpaired) electrons. The summed E-state index contributed by atoms with van der Waals surface area (Å²) < 4.78 is 0. The van der Waals surface area contributed by atoms with Crippen molar-refractivity contribution in [1.82, 2.24) is 40.9 Å². The zero-order chi connectivity index (χ0) is 54.2. The zero-order valence-electron chi connectivity index (χ0n) is 40.8. The Morgan fingerprint density at radius 1 is 0.486 bits per heavy atom. The molecule has 0 spiro atoms. The van der Waals surface area contributed by atoms with Crippen molar-refractivity contribution in [3.63, 3.8) is 0 Å². The lowest BCUT2D eigenvalue weighted by Crippen LogP contribution is -2.51. The summed E-state index contributed by atoms with van der Waals surface area (Å²) in [4.78, 5) is 129. The topological polar surface area (TPSA) is 365 Å². The van der Waals surface area contributed by atoms with Crippen molar-refractivity contribution in [2.24, 2.45) is 0 Å². The van der Waals surface area contributed by atoms with Gasteiger partial charge in [-0.2, -0.15) is 0 Å². The quantitative estimate of drug-likeness (QED) is 0.0443. The van der Waals surface area contributed by atoms with E-state index in [1.54, 1.807) is 43.9 Å². The van der Waals surface area contributed by atoms with Crippen molar-refractivity contribution in [2.75, 3.05) is 90.4 Å². The number of anilines is 1. The average Bonchev–Trinajstić information content (AvgIpc) is 3.32. The smallest absolute Gasteiger partial charge is 0.326 e. The van der Waals surface area contributed by atoms with Crippen LogP contribution in [0.2, 0.25) is 0 Å². The maximum atomic E-state index is 13.7. The van der Waals surface area contributed by atoms with Gasteiger partial charge in [0.1, 0.15) is 18.1 Å². The molecule has 74 heavy (non-hydrogen) atoms. The Morgan fingerprint density at radius 3 is 1.47 bits per heavy atom. The fraction of sp³-hybridized carbons (Fsp3) is 0.469. The number of aliphatic carboxylic acids is 6. The zero-order valence-corrected chi connectivity index (χ0v) is 40.8. The van der Waals surface area contributed by atoms with Crippen LogP contribution in [0.25, 0.3) is 10.8 Å². The monoisotopic (exact) mass is 1040 g/mol. The molecule has 3 atom stereocenters. The molecule has 0 aliphatic carbocycles. The third-order valence-corrected chi connectivity index (χ3v) is 12.0. The standard InChI is InChI=1S/C49H65N9O16/c59-40(27-32-9-12-36(13-10-32)51-41(60)28-55-17-19-56(29-43(63)64)21-23-58(31-45(67)68)24-22-57(20-18-55)30-44(65)66)52-39(26-33-8-11-34-5-1-2-6-35(34)25-33)46(69)50-16-4-3-7-37(47(70)71)53-49(74)54-38(48(72)73)14-15-42(61)62/h1-2,5-6,8-13,25,37-39H,3-4,7,14-24,26-31H2,(H,50,69)(H,51,60)(H,52,59)(H,61,62)(H,63,64)(H,65,66)(H,67,68)(H,70,71)(H,72,73)(H2,53,54,74)/t37-,38-,39-/m0/s1. The number of amides is 5. The molecule has 1 saturated heterocycles. The second-order valence-electron chi connectivity index (χ2n) is 17.8. The Labute approximate surface area is 425 Å². The van der Waals surface area contributed by atoms with E-state index in [0.717, 1.165) is 16.3 Å². The van der Waals surface area contributed by atoms with Gasteiger partial charge in [0, 0.05) is 77.4 Å². The van der Waals surface area contributed by atoms with Gasteiger partial charge in [0.25, 0.3) is 0 Å². The summed E-state index contributed by atoms with van der Waals surface area (Å²) in [6.45, 7) is 0.937. The maximum Gasteiger partial charge on any atom is 0.326 e. The lowest BCUT2D eigenvalue weighted by Gasteiger charge is -2.32. The third-order valence-electron chi connectivity index (χ3n) is 12.0. The van der Waals surface area contributed by atoms with Gasteiger partial charge in [-0.15, -0.1) is 0 Å². The van der Waals surface area contributed by atoms with Crippen molar-refractivity contribution in [1.29, 1.82) is 0 Å². The first-order valence-corrected chi connectivity index (χ1v) is 24.0. The van der Waals surface area contributed by atoms with E-state index < -0.39 is 90.5 Å². The van der Waals surface area contributed by atoms with E-state index in [0.29, 0.717) is 11.3 Å². The molecule has 3 aromatic rings. The largest absolute Gasteiger partial charge is 0.481 e. The molecule has 4 rings (SSSR count). The highest BCUT2D eigenvalue weighted by molar-refractivity contribution is 5.93. The van der Waals surface area contributed by atoms with Gasteiger partial charge in [-0.1, -0.05) is 54.6 Å². The van der Waals surface area contributed by atoms with Crippen molar-refractivity contribution in [3.05, 3.63) is 77.9 Å². The normalized spacial score (nSPS) is 15.5. The molecule has 5 amide bonds. The van der Waals surface area contributed by atoms with Crippen LogP contribution in [0.5, 0.6) is 0 Å². The summed E-state index contributed by atoms with van der Waals surface area (Å²) in [5, 5.41) is 70.9. The highest BCUT2D eigenvalue weighted by atomic mass is 16.4. The molecule has 25 heteroatoms. The molecule has 11 N–H and O–H groups in total. The number of rotatable bonds is 27. The lowest BCUT2D eigenvalue weighted by atomic mass is 10.0. The third kappa shape index (κ3) is 22.4. The van der Waals surface area contributed by atoms with Crippen LogP contribution in [0.4, 0.5) is 10.5 Å². The lowest BCUT2D eigenvalue weighted by molar-refractivity contribution is -0.141. The van der Waals surface area contributed by atoms with Crippen LogP contribution < -0.4 is 26.6 Å². The Bertz CT molecular complexity index is 2410. The number of unbranched alkanes of at least 4 members (excludes halogenated alkanes) is 1. The van der Waals surface area contributed by atoms with Gasteiger partial charge in [-0.3, -0.25) is 53.2 Å². The van der Waals surface area contributed by atoms with Crippen molar-refractivity contribution in [3.8, 4) is 0 Å². The van der Waals surface area contributed by atoms with Crippen LogP contribution in [0.3, 0.4) is 0 Å². The van der Waals surface area contributed by atoms with E-state index in [1.807, 2.05) is 42.5 Å². The van der Waals surface area contributed by atoms with Gasteiger partial charge in [-0.25, -0.2) is 14.4 Å². The van der Waals surface area contributed by atoms with Crippen LogP contribution >= 0.6 is 0 Å². The SMILES string of the molecule is O=C(O)CC[C@H](NC(=O)N[C@@H](CCCCNC(=O)[C@H](Cc1ccc2ccccc2c1)NC(=O)Cc1ccc(NC(=O)CN2CCN(CC(=O)O)CCN(CC(=O)O)CCN(CC(=O)O)CC2)cc1)C(=O)O)C(=O)O. The number of hydrogen-bond acceptors (Lipinski definition) is 14. The predicted octanol–water partition coefficient (Wildman–Crippen LogP) is -0.119. The minimum absolute atomic E-state index is 0.0735. The second kappa shape index (κ2) is 30.3. The summed E-state index contributed by atoms with van der Waals surface area (Å²) in [6.07, 6.45) is -0.599. The molecule has 0 bridgehead atoms. The molecule has 0 saturated carbocycles.